The van der Waals surface area contributed by atoms with Gasteiger partial charge in [0.1, 0.15) is 12.4 Å². The first kappa shape index (κ1) is 15.6. The van der Waals surface area contributed by atoms with Crippen LogP contribution in [0.15, 0.2) is 24.3 Å². The molecule has 0 saturated carbocycles. The monoisotopic (exact) mass is 292 g/mol. The third-order valence-corrected chi connectivity index (χ3v) is 3.54. The summed E-state index contributed by atoms with van der Waals surface area (Å²) in [6, 6.07) is 7.62. The fourth-order valence-corrected chi connectivity index (χ4v) is 2.41. The van der Waals surface area contributed by atoms with E-state index in [1.165, 1.54) is 0 Å². The van der Waals surface area contributed by atoms with Crippen LogP contribution in [0.5, 0.6) is 5.75 Å². The van der Waals surface area contributed by atoms with Gasteiger partial charge in [0.2, 0.25) is 0 Å². The van der Waals surface area contributed by atoms with Gasteiger partial charge >= 0.3 is 6.03 Å². The lowest BCUT2D eigenvalue weighted by Crippen LogP contribution is -2.50. The minimum atomic E-state index is -0.400. The van der Waals surface area contributed by atoms with Gasteiger partial charge in [-0.2, -0.15) is 0 Å². The number of rotatable bonds is 4. The number of hydrogen-bond acceptors (Lipinski definition) is 3. The molecule has 2 unspecified atom stereocenters. The van der Waals surface area contributed by atoms with Crippen molar-refractivity contribution in [3.63, 3.8) is 0 Å². The quantitative estimate of drug-likeness (QED) is 0.891. The fourth-order valence-electron chi connectivity index (χ4n) is 2.41. The van der Waals surface area contributed by atoms with Crippen LogP contribution in [0.3, 0.4) is 0 Å². The number of likely N-dealkylation sites (tertiary alicyclic amines) is 1. The molecule has 0 spiro atoms. The van der Waals surface area contributed by atoms with E-state index in [1.54, 1.807) is 4.90 Å². The molecule has 0 aromatic heterocycles. The number of urea groups is 1. The van der Waals surface area contributed by atoms with Crippen molar-refractivity contribution >= 4 is 6.03 Å². The first-order valence-corrected chi connectivity index (χ1v) is 7.47. The average Bonchev–Trinajstić information content (AvgIpc) is 2.45. The van der Waals surface area contributed by atoms with Crippen LogP contribution in [0.25, 0.3) is 0 Å². The Bertz CT molecular complexity index is 478. The number of nitrogens with one attached hydrogen (secondary N) is 1. The summed E-state index contributed by atoms with van der Waals surface area (Å²) in [5, 5.41) is 12.5. The summed E-state index contributed by atoms with van der Waals surface area (Å²) in [5.74, 6) is 0.810. The van der Waals surface area contributed by atoms with Crippen LogP contribution in [-0.2, 0) is 0 Å². The predicted octanol–water partition coefficient (Wildman–Crippen LogP) is 1.93. The molecule has 1 saturated heterocycles. The van der Waals surface area contributed by atoms with Crippen molar-refractivity contribution in [2.24, 2.45) is 0 Å². The third-order valence-electron chi connectivity index (χ3n) is 3.54. The number of nitrogens with zero attached hydrogens (tertiary/aromatic N) is 1. The molecule has 0 radical (unpaired) electrons. The zero-order valence-electron chi connectivity index (χ0n) is 12.7. The summed E-state index contributed by atoms with van der Waals surface area (Å²) in [6.07, 6.45) is 1.22. The number of β-amino-alcohol motifs (C(OH)–C–C–N with tert-alkyl or cyclic N) is 1. The Morgan fingerprint density at radius 2 is 2.38 bits per heavy atom. The van der Waals surface area contributed by atoms with Crippen LogP contribution in [0, 0.1) is 6.92 Å². The van der Waals surface area contributed by atoms with Gasteiger partial charge in [-0.1, -0.05) is 12.1 Å². The highest BCUT2D eigenvalue weighted by atomic mass is 16.5. The van der Waals surface area contributed by atoms with Gasteiger partial charge < -0.3 is 20.1 Å². The van der Waals surface area contributed by atoms with Gasteiger partial charge in [0.15, 0.2) is 0 Å². The number of carbonyl (C=O) groups is 1. The van der Waals surface area contributed by atoms with E-state index in [-0.39, 0.29) is 12.1 Å². The van der Waals surface area contributed by atoms with Crippen molar-refractivity contribution in [2.75, 3.05) is 19.7 Å². The number of ether oxygens (including phenoxy) is 1. The molecular weight excluding hydrogens is 268 g/mol. The lowest BCUT2D eigenvalue weighted by atomic mass is 10.1. The largest absolute Gasteiger partial charge is 0.491 e. The normalized spacial score (nSPS) is 20.0. The van der Waals surface area contributed by atoms with E-state index in [9.17, 15) is 9.90 Å². The number of benzene rings is 1. The molecular formula is C16H24N2O3. The van der Waals surface area contributed by atoms with E-state index < -0.39 is 6.10 Å². The maximum Gasteiger partial charge on any atom is 0.317 e. The van der Waals surface area contributed by atoms with Gasteiger partial charge in [0.05, 0.1) is 12.1 Å². The maximum atomic E-state index is 12.1. The molecule has 1 aliphatic heterocycles. The second-order valence-corrected chi connectivity index (χ2v) is 5.72. The summed E-state index contributed by atoms with van der Waals surface area (Å²) in [6.45, 7) is 5.46. The number of aliphatic hydroxyl groups excluding tert-OH is 1. The average molecular weight is 292 g/mol. The Hall–Kier alpha value is -1.75. The third kappa shape index (κ3) is 4.93. The summed E-state index contributed by atoms with van der Waals surface area (Å²) in [5.41, 5.74) is 1.14. The number of aryl methyl sites for hydroxylation is 1. The summed E-state index contributed by atoms with van der Waals surface area (Å²) in [7, 11) is 0. The van der Waals surface area contributed by atoms with Gasteiger partial charge in [-0.05, 0) is 44.4 Å². The Kier molecular flexibility index (Phi) is 5.44. The lowest BCUT2D eigenvalue weighted by Gasteiger charge is -2.31. The second-order valence-electron chi connectivity index (χ2n) is 5.72. The molecule has 2 N–H and O–H groups in total. The van der Waals surface area contributed by atoms with E-state index in [4.69, 9.17) is 4.74 Å². The van der Waals surface area contributed by atoms with E-state index >= 15 is 0 Å². The minimum absolute atomic E-state index is 0.0860. The van der Waals surface area contributed by atoms with Crippen LogP contribution in [0.1, 0.15) is 25.3 Å². The van der Waals surface area contributed by atoms with Crippen LogP contribution in [0.4, 0.5) is 4.79 Å². The Morgan fingerprint density at radius 3 is 3.10 bits per heavy atom. The predicted molar refractivity (Wildman–Crippen MR) is 81.5 cm³/mol. The Labute approximate surface area is 125 Å². The molecule has 0 bridgehead atoms. The van der Waals surface area contributed by atoms with Crippen molar-refractivity contribution in [3.05, 3.63) is 29.8 Å². The zero-order valence-corrected chi connectivity index (χ0v) is 12.7. The molecule has 21 heavy (non-hydrogen) atoms. The fraction of sp³-hybridized carbons (Fsp3) is 0.562. The SMILES string of the molecule is Cc1cccc(OCC(C)NC(=O)N2CCCC(O)C2)c1. The molecule has 1 aromatic carbocycles. The standard InChI is InChI=1S/C16H24N2O3/c1-12-5-3-7-15(9-12)21-11-13(2)17-16(20)18-8-4-6-14(19)10-18/h3,5,7,9,13-14,19H,4,6,8,10-11H2,1-2H3,(H,17,20). The molecule has 116 valence electrons. The molecule has 1 fully saturated rings. The van der Waals surface area contributed by atoms with Crippen molar-refractivity contribution < 1.29 is 14.6 Å². The maximum absolute atomic E-state index is 12.1. The van der Waals surface area contributed by atoms with E-state index in [0.29, 0.717) is 19.7 Å². The first-order chi connectivity index (χ1) is 10.0. The van der Waals surface area contributed by atoms with E-state index in [0.717, 1.165) is 24.2 Å². The smallest absolute Gasteiger partial charge is 0.317 e. The highest BCUT2D eigenvalue weighted by Crippen LogP contribution is 2.13. The lowest BCUT2D eigenvalue weighted by molar-refractivity contribution is 0.0827. The number of hydrogen-bond donors (Lipinski definition) is 2. The van der Waals surface area contributed by atoms with Crippen LogP contribution in [0.2, 0.25) is 0 Å². The molecule has 2 amide bonds. The topological polar surface area (TPSA) is 61.8 Å². The molecule has 5 heteroatoms. The Morgan fingerprint density at radius 1 is 1.57 bits per heavy atom. The van der Waals surface area contributed by atoms with Crippen LogP contribution in [-0.4, -0.2) is 47.9 Å². The van der Waals surface area contributed by atoms with E-state index in [1.807, 2.05) is 38.1 Å². The van der Waals surface area contributed by atoms with Gasteiger partial charge in [0, 0.05) is 13.1 Å². The molecule has 2 rings (SSSR count). The molecule has 1 heterocycles. The number of carbonyl (C=O) groups excluding carboxylic acids is 1. The van der Waals surface area contributed by atoms with Gasteiger partial charge in [-0.3, -0.25) is 0 Å². The summed E-state index contributed by atoms with van der Waals surface area (Å²) >= 11 is 0. The van der Waals surface area contributed by atoms with Gasteiger partial charge in [-0.15, -0.1) is 0 Å². The number of piperidine rings is 1. The molecule has 0 aliphatic carbocycles. The summed E-state index contributed by atoms with van der Waals surface area (Å²) < 4.78 is 5.68. The van der Waals surface area contributed by atoms with Crippen LogP contribution >= 0.6 is 0 Å². The summed E-state index contributed by atoms with van der Waals surface area (Å²) in [4.78, 5) is 13.7. The minimum Gasteiger partial charge on any atom is -0.491 e. The molecule has 1 aliphatic rings. The van der Waals surface area contributed by atoms with E-state index in [2.05, 4.69) is 5.32 Å². The van der Waals surface area contributed by atoms with Gasteiger partial charge in [-0.25, -0.2) is 4.79 Å². The highest BCUT2D eigenvalue weighted by Gasteiger charge is 2.22. The molecule has 5 nitrogen and oxygen atoms in total. The van der Waals surface area contributed by atoms with Crippen molar-refractivity contribution in [2.45, 2.75) is 38.8 Å². The highest BCUT2D eigenvalue weighted by molar-refractivity contribution is 5.74. The van der Waals surface area contributed by atoms with Crippen LogP contribution < -0.4 is 10.1 Å². The second kappa shape index (κ2) is 7.31. The molecule has 1 aromatic rings. The number of amides is 2. The molecule has 2 atom stereocenters. The van der Waals surface area contributed by atoms with Crippen molar-refractivity contribution in [3.8, 4) is 5.75 Å². The number of aliphatic hydroxyl groups is 1. The Balaban J connectivity index is 1.76. The van der Waals surface area contributed by atoms with Gasteiger partial charge in [0.25, 0.3) is 0 Å². The van der Waals surface area contributed by atoms with Crippen molar-refractivity contribution in [1.29, 1.82) is 0 Å². The first-order valence-electron chi connectivity index (χ1n) is 7.47. The van der Waals surface area contributed by atoms with Crippen molar-refractivity contribution in [1.82, 2.24) is 10.2 Å². The zero-order chi connectivity index (χ0) is 15.2.